The van der Waals surface area contributed by atoms with Crippen LogP contribution in [0.5, 0.6) is 5.75 Å². The Balaban J connectivity index is 2.98. The minimum atomic E-state index is -0.524. The molecule has 0 spiro atoms. The lowest BCUT2D eigenvalue weighted by Gasteiger charge is -2.12. The molecule has 0 fully saturated rings. The number of esters is 1. The number of Topliss-reactive ketones (excluding diaryl/α,β-unsaturated/α-hetero) is 1. The van der Waals surface area contributed by atoms with Crippen LogP contribution in [-0.4, -0.2) is 25.5 Å². The van der Waals surface area contributed by atoms with E-state index in [0.29, 0.717) is 12.2 Å². The van der Waals surface area contributed by atoms with Gasteiger partial charge in [0.05, 0.1) is 13.7 Å². The van der Waals surface area contributed by atoms with Crippen LogP contribution in [0.4, 0.5) is 0 Å². The third-order valence-electron chi connectivity index (χ3n) is 2.60. The Morgan fingerprint density at radius 2 is 1.72 bits per heavy atom. The molecule has 0 atom stereocenters. The lowest BCUT2D eigenvalue weighted by Crippen LogP contribution is -2.10. The molecule has 0 N–H and O–H groups in total. The largest absolute Gasteiger partial charge is 0.493 e. The third kappa shape index (κ3) is 3.32. The number of rotatable bonds is 5. The summed E-state index contributed by atoms with van der Waals surface area (Å²) in [6.45, 7) is 6.26. The zero-order valence-electron chi connectivity index (χ0n) is 11.2. The maximum atomic E-state index is 11.8. The molecule has 0 aromatic heterocycles. The molecule has 1 rings (SSSR count). The molecule has 4 heteroatoms. The van der Waals surface area contributed by atoms with Gasteiger partial charge in [0, 0.05) is 5.56 Å². The molecule has 0 aliphatic carbocycles. The molecule has 1 aromatic rings. The smallest absolute Gasteiger partial charge is 0.313 e. The highest BCUT2D eigenvalue weighted by Gasteiger charge is 2.15. The van der Waals surface area contributed by atoms with E-state index in [1.54, 1.807) is 12.1 Å². The average Bonchev–Trinajstić information content (AvgIpc) is 2.33. The minimum Gasteiger partial charge on any atom is -0.493 e. The number of aryl methyl sites for hydroxylation is 2. The average molecular weight is 250 g/mol. The fraction of sp³-hybridized carbons (Fsp3) is 0.429. The Kier molecular flexibility index (Phi) is 4.89. The van der Waals surface area contributed by atoms with Crippen LogP contribution in [0, 0.1) is 13.8 Å². The molecule has 1 aromatic carbocycles. The van der Waals surface area contributed by atoms with Crippen molar-refractivity contribution in [1.82, 2.24) is 0 Å². The summed E-state index contributed by atoms with van der Waals surface area (Å²) in [5.74, 6) is 0.0346. The highest BCUT2D eigenvalue weighted by molar-refractivity contribution is 6.06. The van der Waals surface area contributed by atoms with Gasteiger partial charge in [-0.25, -0.2) is 0 Å². The van der Waals surface area contributed by atoms with Gasteiger partial charge in [-0.2, -0.15) is 0 Å². The molecular formula is C14H18O4. The van der Waals surface area contributed by atoms with Crippen LogP contribution in [0.1, 0.15) is 34.8 Å². The van der Waals surface area contributed by atoms with Crippen LogP contribution in [0.3, 0.4) is 0 Å². The minimum absolute atomic E-state index is 0.233. The van der Waals surface area contributed by atoms with E-state index in [1.807, 2.05) is 20.8 Å². The number of ketones is 1. The summed E-state index contributed by atoms with van der Waals surface area (Å²) in [6.07, 6.45) is -0.233. The highest BCUT2D eigenvalue weighted by atomic mass is 16.5. The van der Waals surface area contributed by atoms with Gasteiger partial charge in [0.2, 0.25) is 0 Å². The van der Waals surface area contributed by atoms with Crippen LogP contribution in [-0.2, 0) is 9.53 Å². The Bertz CT molecular complexity index is 440. The summed E-state index contributed by atoms with van der Waals surface area (Å²) in [4.78, 5) is 22.9. The summed E-state index contributed by atoms with van der Waals surface area (Å²) < 4.78 is 9.98. The number of hydrogen-bond acceptors (Lipinski definition) is 4. The fourth-order valence-corrected chi connectivity index (χ4v) is 1.79. The number of carbonyl (C=O) groups is 2. The molecule has 0 aliphatic heterocycles. The molecule has 0 amide bonds. The molecule has 0 aliphatic rings. The highest BCUT2D eigenvalue weighted by Crippen LogP contribution is 2.25. The monoisotopic (exact) mass is 250 g/mol. The number of methoxy groups -OCH3 is 1. The van der Waals surface area contributed by atoms with Crippen molar-refractivity contribution in [2.45, 2.75) is 27.2 Å². The topological polar surface area (TPSA) is 52.6 Å². The van der Waals surface area contributed by atoms with Crippen molar-refractivity contribution in [2.24, 2.45) is 0 Å². The Morgan fingerprint density at radius 3 is 2.17 bits per heavy atom. The van der Waals surface area contributed by atoms with Crippen molar-refractivity contribution in [1.29, 1.82) is 0 Å². The van der Waals surface area contributed by atoms with E-state index in [9.17, 15) is 9.59 Å². The molecule has 0 bridgehead atoms. The summed E-state index contributed by atoms with van der Waals surface area (Å²) in [7, 11) is 1.27. The predicted molar refractivity (Wildman–Crippen MR) is 68.0 cm³/mol. The van der Waals surface area contributed by atoms with Gasteiger partial charge >= 0.3 is 5.97 Å². The van der Waals surface area contributed by atoms with Gasteiger partial charge in [0.1, 0.15) is 12.2 Å². The van der Waals surface area contributed by atoms with Crippen molar-refractivity contribution in [3.8, 4) is 5.75 Å². The Morgan fingerprint density at radius 1 is 1.17 bits per heavy atom. The van der Waals surface area contributed by atoms with E-state index in [0.717, 1.165) is 16.9 Å². The van der Waals surface area contributed by atoms with Gasteiger partial charge in [-0.1, -0.05) is 0 Å². The normalized spacial score (nSPS) is 10.0. The van der Waals surface area contributed by atoms with Crippen LogP contribution >= 0.6 is 0 Å². The maximum absolute atomic E-state index is 11.8. The molecule has 0 saturated heterocycles. The number of hydrogen-bond donors (Lipinski definition) is 0. The molecule has 0 radical (unpaired) electrons. The zero-order valence-corrected chi connectivity index (χ0v) is 11.2. The SMILES string of the molecule is CCOc1c(C)cc(C(=O)CC(=O)OC)cc1C. The van der Waals surface area contributed by atoms with Gasteiger partial charge < -0.3 is 9.47 Å². The second-order valence-corrected chi connectivity index (χ2v) is 4.05. The van der Waals surface area contributed by atoms with Crippen molar-refractivity contribution >= 4 is 11.8 Å². The molecule has 4 nitrogen and oxygen atoms in total. The molecule has 0 unspecified atom stereocenters. The van der Waals surface area contributed by atoms with Crippen LogP contribution < -0.4 is 4.74 Å². The zero-order chi connectivity index (χ0) is 13.7. The molecule has 0 heterocycles. The number of benzene rings is 1. The summed E-state index contributed by atoms with van der Waals surface area (Å²) in [5, 5.41) is 0. The van der Waals surface area contributed by atoms with E-state index in [4.69, 9.17) is 4.74 Å². The second kappa shape index (κ2) is 6.19. The first-order valence-electron chi connectivity index (χ1n) is 5.83. The number of carbonyl (C=O) groups excluding carboxylic acids is 2. The molecule has 18 heavy (non-hydrogen) atoms. The van der Waals surface area contributed by atoms with Crippen molar-refractivity contribution in [3.05, 3.63) is 28.8 Å². The predicted octanol–water partition coefficient (Wildman–Crippen LogP) is 2.45. The fourth-order valence-electron chi connectivity index (χ4n) is 1.79. The Hall–Kier alpha value is -1.84. The van der Waals surface area contributed by atoms with Crippen molar-refractivity contribution in [3.63, 3.8) is 0 Å². The van der Waals surface area contributed by atoms with E-state index >= 15 is 0 Å². The van der Waals surface area contributed by atoms with Gasteiger partial charge in [-0.3, -0.25) is 9.59 Å². The van der Waals surface area contributed by atoms with E-state index in [-0.39, 0.29) is 12.2 Å². The van der Waals surface area contributed by atoms with Gasteiger partial charge in [0.15, 0.2) is 5.78 Å². The first-order chi connectivity index (χ1) is 8.49. The van der Waals surface area contributed by atoms with Crippen LogP contribution in [0.2, 0.25) is 0 Å². The molecule has 0 saturated carbocycles. The van der Waals surface area contributed by atoms with Crippen molar-refractivity contribution < 1.29 is 19.1 Å². The van der Waals surface area contributed by atoms with Gasteiger partial charge in [0.25, 0.3) is 0 Å². The van der Waals surface area contributed by atoms with E-state index in [2.05, 4.69) is 4.74 Å². The van der Waals surface area contributed by atoms with Crippen LogP contribution in [0.25, 0.3) is 0 Å². The lowest BCUT2D eigenvalue weighted by molar-refractivity contribution is -0.139. The van der Waals surface area contributed by atoms with Crippen molar-refractivity contribution in [2.75, 3.05) is 13.7 Å². The third-order valence-corrected chi connectivity index (χ3v) is 2.60. The first kappa shape index (κ1) is 14.2. The molecular weight excluding hydrogens is 232 g/mol. The first-order valence-corrected chi connectivity index (χ1v) is 5.83. The van der Waals surface area contributed by atoms with Gasteiger partial charge in [-0.15, -0.1) is 0 Å². The second-order valence-electron chi connectivity index (χ2n) is 4.05. The summed E-state index contributed by atoms with van der Waals surface area (Å²) in [5.41, 5.74) is 2.30. The van der Waals surface area contributed by atoms with E-state index in [1.165, 1.54) is 7.11 Å². The standard InChI is InChI=1S/C14H18O4/c1-5-18-14-9(2)6-11(7-10(14)3)12(15)8-13(16)17-4/h6-7H,5,8H2,1-4H3. The quantitative estimate of drug-likeness (QED) is 0.457. The summed E-state index contributed by atoms with van der Waals surface area (Å²) in [6, 6.07) is 3.48. The Labute approximate surface area is 107 Å². The lowest BCUT2D eigenvalue weighted by atomic mass is 10.0. The van der Waals surface area contributed by atoms with E-state index < -0.39 is 5.97 Å². The summed E-state index contributed by atoms with van der Waals surface area (Å²) >= 11 is 0. The maximum Gasteiger partial charge on any atom is 0.313 e. The molecule has 98 valence electrons. The van der Waals surface area contributed by atoms with Gasteiger partial charge in [-0.05, 0) is 44.0 Å². The van der Waals surface area contributed by atoms with Crippen LogP contribution in [0.15, 0.2) is 12.1 Å². The number of ether oxygens (including phenoxy) is 2.